The normalized spacial score (nSPS) is 14.2. The smallest absolute Gasteiger partial charge is 0.359 e. The molecule has 2 aliphatic rings. The molecule has 0 amide bonds. The van der Waals surface area contributed by atoms with Gasteiger partial charge in [0.2, 0.25) is 5.95 Å². The summed E-state index contributed by atoms with van der Waals surface area (Å²) in [7, 11) is 0. The summed E-state index contributed by atoms with van der Waals surface area (Å²) in [6.07, 6.45) is 3.65. The summed E-state index contributed by atoms with van der Waals surface area (Å²) in [6, 6.07) is 7.31. The summed E-state index contributed by atoms with van der Waals surface area (Å²) < 4.78 is 41.0. The SMILES string of the molecule is O=C1OCc2ccc(F)cc2-c2cnc(NCc3c(F)ccc4c3CCO4)n3cnc1c23. The van der Waals surface area contributed by atoms with Crippen LogP contribution in [0.2, 0.25) is 0 Å². The van der Waals surface area contributed by atoms with Gasteiger partial charge >= 0.3 is 5.97 Å². The number of anilines is 1. The molecule has 0 spiro atoms. The fourth-order valence-electron chi connectivity index (χ4n) is 4.30. The summed E-state index contributed by atoms with van der Waals surface area (Å²) in [6.45, 7) is 0.697. The monoisotopic (exact) mass is 434 g/mol. The van der Waals surface area contributed by atoms with Crippen molar-refractivity contribution in [3.63, 3.8) is 0 Å². The minimum Gasteiger partial charge on any atom is -0.493 e. The average molecular weight is 434 g/mol. The molecule has 4 aromatic rings. The third-order valence-electron chi connectivity index (χ3n) is 5.84. The highest BCUT2D eigenvalue weighted by Crippen LogP contribution is 2.35. The zero-order valence-corrected chi connectivity index (χ0v) is 16.7. The standard InChI is InChI=1S/C23H16F2N4O3/c24-13-2-1-12-10-32-22(30)20-21-17(15(12)7-13)9-27-23(29(21)11-28-20)26-8-16-14-5-6-31-19(14)4-3-18(16)25/h1-4,7,9,11H,5-6,8,10H2,(H,26,27). The molecule has 0 bridgehead atoms. The minimum atomic E-state index is -0.579. The predicted molar refractivity (Wildman–Crippen MR) is 110 cm³/mol. The largest absolute Gasteiger partial charge is 0.493 e. The number of rotatable bonds is 3. The number of hydrogen-bond donors (Lipinski definition) is 1. The van der Waals surface area contributed by atoms with Gasteiger partial charge in [-0.3, -0.25) is 4.40 Å². The first kappa shape index (κ1) is 18.7. The lowest BCUT2D eigenvalue weighted by atomic mass is 9.99. The van der Waals surface area contributed by atoms with Gasteiger partial charge in [-0.1, -0.05) is 6.07 Å². The number of fused-ring (bicyclic) bond motifs is 3. The minimum absolute atomic E-state index is 0.00731. The van der Waals surface area contributed by atoms with Crippen LogP contribution in [0.4, 0.5) is 14.7 Å². The van der Waals surface area contributed by atoms with Crippen molar-refractivity contribution in [1.29, 1.82) is 0 Å². The van der Waals surface area contributed by atoms with E-state index in [0.29, 0.717) is 52.5 Å². The molecule has 0 aliphatic carbocycles. The van der Waals surface area contributed by atoms with Crippen LogP contribution in [0.1, 0.15) is 27.2 Å². The third-order valence-corrected chi connectivity index (χ3v) is 5.84. The van der Waals surface area contributed by atoms with E-state index in [1.807, 2.05) is 0 Å². The van der Waals surface area contributed by atoms with E-state index in [4.69, 9.17) is 9.47 Å². The molecule has 0 fully saturated rings. The van der Waals surface area contributed by atoms with Gasteiger partial charge in [0.1, 0.15) is 30.3 Å². The molecule has 6 rings (SSSR count). The molecule has 0 unspecified atom stereocenters. The van der Waals surface area contributed by atoms with Crippen LogP contribution in [0.15, 0.2) is 42.9 Å². The van der Waals surface area contributed by atoms with E-state index >= 15 is 0 Å². The van der Waals surface area contributed by atoms with Crippen LogP contribution in [0.5, 0.6) is 5.75 Å². The van der Waals surface area contributed by atoms with Crippen molar-refractivity contribution in [2.75, 3.05) is 11.9 Å². The number of imidazole rings is 1. The predicted octanol–water partition coefficient (Wildman–Crippen LogP) is 3.89. The average Bonchev–Trinajstić information content (AvgIpc) is 3.44. The number of aromatic nitrogens is 3. The van der Waals surface area contributed by atoms with E-state index in [1.165, 1.54) is 24.5 Å². The van der Waals surface area contributed by atoms with Gasteiger partial charge in [0.15, 0.2) is 5.69 Å². The molecule has 2 aromatic carbocycles. The quantitative estimate of drug-likeness (QED) is 0.493. The molecule has 1 N–H and O–H groups in total. The maximum atomic E-state index is 14.5. The number of carbonyl (C=O) groups excluding carboxylic acids is 1. The number of nitrogens with zero attached hydrogens (tertiary/aromatic N) is 3. The van der Waals surface area contributed by atoms with Crippen LogP contribution in [0.3, 0.4) is 0 Å². The number of halogens is 2. The van der Waals surface area contributed by atoms with E-state index < -0.39 is 11.8 Å². The highest BCUT2D eigenvalue weighted by molar-refractivity contribution is 6.01. The van der Waals surface area contributed by atoms with E-state index in [0.717, 1.165) is 5.56 Å². The van der Waals surface area contributed by atoms with Crippen molar-refractivity contribution in [1.82, 2.24) is 14.4 Å². The summed E-state index contributed by atoms with van der Waals surface area (Å²) in [5.74, 6) is -0.268. The second-order valence-corrected chi connectivity index (χ2v) is 7.64. The first-order valence-electron chi connectivity index (χ1n) is 10.1. The fourth-order valence-corrected chi connectivity index (χ4v) is 4.30. The van der Waals surface area contributed by atoms with Crippen LogP contribution in [0, 0.1) is 11.6 Å². The number of hydrogen-bond acceptors (Lipinski definition) is 6. The molecular weight excluding hydrogens is 418 g/mol. The van der Waals surface area contributed by atoms with Crippen LogP contribution in [-0.2, 0) is 24.3 Å². The van der Waals surface area contributed by atoms with Gasteiger partial charge in [0.05, 0.1) is 12.1 Å². The maximum Gasteiger partial charge on any atom is 0.359 e. The van der Waals surface area contributed by atoms with Gasteiger partial charge < -0.3 is 14.8 Å². The molecule has 0 atom stereocenters. The molecule has 160 valence electrons. The van der Waals surface area contributed by atoms with E-state index in [2.05, 4.69) is 15.3 Å². The molecule has 2 aromatic heterocycles. The number of esters is 1. The Balaban J connectivity index is 1.46. The molecule has 4 heterocycles. The van der Waals surface area contributed by atoms with Crippen molar-refractivity contribution in [3.8, 4) is 16.9 Å². The summed E-state index contributed by atoms with van der Waals surface area (Å²) >= 11 is 0. The van der Waals surface area contributed by atoms with E-state index in [1.54, 1.807) is 22.7 Å². The summed E-state index contributed by atoms with van der Waals surface area (Å²) in [5.41, 5.74) is 3.70. The molecule has 32 heavy (non-hydrogen) atoms. The topological polar surface area (TPSA) is 77.8 Å². The van der Waals surface area contributed by atoms with Crippen LogP contribution < -0.4 is 10.1 Å². The number of carbonyl (C=O) groups is 1. The number of nitrogens with one attached hydrogen (secondary N) is 1. The Labute approximate surface area is 180 Å². The Morgan fingerprint density at radius 3 is 2.91 bits per heavy atom. The van der Waals surface area contributed by atoms with Crippen LogP contribution in [-0.4, -0.2) is 26.9 Å². The lowest BCUT2D eigenvalue weighted by Crippen LogP contribution is -2.13. The van der Waals surface area contributed by atoms with Gasteiger partial charge in [0.25, 0.3) is 0 Å². The molecule has 7 nitrogen and oxygen atoms in total. The van der Waals surface area contributed by atoms with Crippen molar-refractivity contribution >= 4 is 17.4 Å². The Morgan fingerprint density at radius 2 is 2.00 bits per heavy atom. The Hall–Kier alpha value is -4.01. The molecule has 2 aliphatic heterocycles. The molecule has 0 saturated carbocycles. The second-order valence-electron chi connectivity index (χ2n) is 7.64. The fraction of sp³-hybridized carbons (Fsp3) is 0.174. The third kappa shape index (κ3) is 2.81. The lowest BCUT2D eigenvalue weighted by Gasteiger charge is -2.17. The maximum absolute atomic E-state index is 14.5. The lowest BCUT2D eigenvalue weighted by molar-refractivity contribution is 0.0468. The number of benzene rings is 2. The summed E-state index contributed by atoms with van der Waals surface area (Å²) in [4.78, 5) is 21.3. The highest BCUT2D eigenvalue weighted by Gasteiger charge is 2.26. The molecule has 9 heteroatoms. The van der Waals surface area contributed by atoms with Crippen LogP contribution in [0.25, 0.3) is 16.6 Å². The Bertz CT molecular complexity index is 1420. The van der Waals surface area contributed by atoms with Crippen LogP contribution >= 0.6 is 0 Å². The van der Waals surface area contributed by atoms with Crippen molar-refractivity contribution < 1.29 is 23.0 Å². The Kier molecular flexibility index (Phi) is 4.11. The highest BCUT2D eigenvalue weighted by atomic mass is 19.1. The number of cyclic esters (lactones) is 1. The summed E-state index contributed by atoms with van der Waals surface area (Å²) in [5, 5.41) is 3.14. The zero-order valence-electron chi connectivity index (χ0n) is 16.7. The van der Waals surface area contributed by atoms with Gasteiger partial charge in [-0.05, 0) is 35.4 Å². The number of ether oxygens (including phenoxy) is 2. The zero-order chi connectivity index (χ0) is 21.8. The second kappa shape index (κ2) is 7.01. The van der Waals surface area contributed by atoms with Crippen molar-refractivity contribution in [2.45, 2.75) is 19.6 Å². The molecule has 0 radical (unpaired) electrons. The molecular formula is C23H16F2N4O3. The van der Waals surface area contributed by atoms with Gasteiger partial charge in [0, 0.05) is 35.9 Å². The van der Waals surface area contributed by atoms with E-state index in [9.17, 15) is 13.6 Å². The first-order valence-corrected chi connectivity index (χ1v) is 10.1. The Morgan fingerprint density at radius 1 is 1.09 bits per heavy atom. The van der Waals surface area contributed by atoms with Gasteiger partial charge in [-0.2, -0.15) is 0 Å². The molecule has 0 saturated heterocycles. The van der Waals surface area contributed by atoms with Gasteiger partial charge in [-0.25, -0.2) is 23.5 Å². The van der Waals surface area contributed by atoms with Crippen molar-refractivity contribution in [2.24, 2.45) is 0 Å². The van der Waals surface area contributed by atoms with E-state index in [-0.39, 0.29) is 24.7 Å². The first-order chi connectivity index (χ1) is 15.6. The van der Waals surface area contributed by atoms with Crippen molar-refractivity contribution in [3.05, 3.63) is 76.9 Å². The van der Waals surface area contributed by atoms with Gasteiger partial charge in [-0.15, -0.1) is 0 Å².